The van der Waals surface area contributed by atoms with Gasteiger partial charge in [-0.3, -0.25) is 24.0 Å². The topological polar surface area (TPSA) is 182 Å². The van der Waals surface area contributed by atoms with Crippen LogP contribution in [0.2, 0.25) is 0 Å². The third kappa shape index (κ3) is 7.64. The lowest BCUT2D eigenvalue weighted by Gasteiger charge is -2.31. The van der Waals surface area contributed by atoms with E-state index in [9.17, 15) is 29.1 Å². The van der Waals surface area contributed by atoms with Gasteiger partial charge in [0.2, 0.25) is 23.6 Å². The van der Waals surface area contributed by atoms with Crippen LogP contribution in [-0.2, 0) is 36.8 Å². The molecule has 0 spiro atoms. The number of phenolic OH excluding ortho intramolecular Hbond substituents is 1. The molecule has 4 amide bonds. The molecular weight excluding hydrogens is 542 g/mol. The van der Waals surface area contributed by atoms with Crippen molar-refractivity contribution in [3.05, 3.63) is 65.7 Å². The third-order valence-electron chi connectivity index (χ3n) is 7.70. The molecule has 0 aromatic heterocycles. The number of nitrogens with two attached hydrogens (primary N) is 1. The maximum atomic E-state index is 13.8. The van der Waals surface area contributed by atoms with E-state index in [2.05, 4.69) is 10.6 Å². The first-order chi connectivity index (χ1) is 20.1. The number of carbonyl (C=O) groups excluding carboxylic acids is 4. The van der Waals surface area contributed by atoms with Crippen LogP contribution >= 0.6 is 0 Å². The van der Waals surface area contributed by atoms with E-state index in [-0.39, 0.29) is 24.5 Å². The number of aromatic hydroxyl groups is 1. The summed E-state index contributed by atoms with van der Waals surface area (Å²) in [6, 6.07) is 12.0. The molecule has 2 saturated heterocycles. The number of carboxylic acids is 1. The van der Waals surface area contributed by atoms with Crippen LogP contribution in [0.25, 0.3) is 0 Å². The average molecular weight is 580 g/mol. The molecule has 2 fully saturated rings. The summed E-state index contributed by atoms with van der Waals surface area (Å²) in [5.41, 5.74) is 7.81. The molecule has 4 atom stereocenters. The van der Waals surface area contributed by atoms with Crippen LogP contribution in [0.3, 0.4) is 0 Å². The van der Waals surface area contributed by atoms with E-state index >= 15 is 0 Å². The lowest BCUT2D eigenvalue weighted by molar-refractivity contribution is -0.144. The second kappa shape index (κ2) is 13.9. The molecule has 2 aromatic carbocycles. The Bertz CT molecular complexity index is 1290. The molecule has 0 radical (unpaired) electrons. The molecule has 0 aliphatic carbocycles. The van der Waals surface area contributed by atoms with Crippen LogP contribution in [0.4, 0.5) is 0 Å². The maximum Gasteiger partial charge on any atom is 0.322 e. The van der Waals surface area contributed by atoms with E-state index in [0.717, 1.165) is 11.1 Å². The maximum absolute atomic E-state index is 13.8. The zero-order valence-electron chi connectivity index (χ0n) is 23.3. The molecule has 6 N–H and O–H groups in total. The second-order valence-electron chi connectivity index (χ2n) is 10.7. The summed E-state index contributed by atoms with van der Waals surface area (Å²) < 4.78 is 0. The number of phenols is 1. The van der Waals surface area contributed by atoms with Crippen molar-refractivity contribution in [2.24, 2.45) is 5.73 Å². The Kier molecular flexibility index (Phi) is 10.1. The molecule has 4 rings (SSSR count). The quantitative estimate of drug-likeness (QED) is 0.250. The van der Waals surface area contributed by atoms with Gasteiger partial charge in [0.15, 0.2) is 0 Å². The van der Waals surface area contributed by atoms with Crippen molar-refractivity contribution >= 4 is 29.6 Å². The van der Waals surface area contributed by atoms with Crippen molar-refractivity contribution in [3.63, 3.8) is 0 Å². The first kappa shape index (κ1) is 30.5. The number of likely N-dealkylation sites (tertiary alicyclic amines) is 2. The Morgan fingerprint density at radius 1 is 0.810 bits per heavy atom. The number of hydrogen-bond acceptors (Lipinski definition) is 7. The van der Waals surface area contributed by atoms with Crippen molar-refractivity contribution < 1.29 is 34.2 Å². The Labute approximate surface area is 243 Å². The Morgan fingerprint density at radius 2 is 1.38 bits per heavy atom. The summed E-state index contributed by atoms with van der Waals surface area (Å²) in [6.45, 7) is 0.0999. The number of nitrogens with one attached hydrogen (secondary N) is 2. The normalized spacial score (nSPS) is 19.6. The van der Waals surface area contributed by atoms with Gasteiger partial charge in [0, 0.05) is 19.5 Å². The predicted octanol–water partition coefficient (Wildman–Crippen LogP) is 0.172. The Hall–Kier alpha value is -4.45. The molecule has 2 aliphatic rings. The number of carbonyl (C=O) groups is 5. The number of rotatable bonds is 11. The van der Waals surface area contributed by atoms with E-state index in [4.69, 9.17) is 10.8 Å². The van der Waals surface area contributed by atoms with Crippen molar-refractivity contribution in [2.75, 3.05) is 19.6 Å². The molecule has 0 bridgehead atoms. The standard InChI is InChI=1S/C30H37N5O7/c31-22(16-20-10-12-21(36)13-11-20)29(41)34-14-5-9-25(34)28(40)33-23(17-19-6-2-1-3-7-19)30(42)35-15-4-8-24(35)27(39)32-18-26(37)38/h1-3,6-7,10-13,22-25,36H,4-5,8-9,14-18,31H2,(H,32,39)(H,33,40)(H,37,38)/t22-,23+,24-,25-/m1/s1. The van der Waals surface area contributed by atoms with Crippen LogP contribution < -0.4 is 16.4 Å². The molecule has 2 aliphatic heterocycles. The molecule has 0 unspecified atom stereocenters. The highest BCUT2D eigenvalue weighted by atomic mass is 16.4. The Morgan fingerprint density at radius 3 is 2.00 bits per heavy atom. The van der Waals surface area contributed by atoms with Crippen molar-refractivity contribution in [3.8, 4) is 5.75 Å². The first-order valence-corrected chi connectivity index (χ1v) is 14.1. The van der Waals surface area contributed by atoms with Gasteiger partial charge in [-0.15, -0.1) is 0 Å². The number of amides is 4. The summed E-state index contributed by atoms with van der Waals surface area (Å²) in [5.74, 6) is -2.93. The highest BCUT2D eigenvalue weighted by Gasteiger charge is 2.41. The molecule has 2 heterocycles. The van der Waals surface area contributed by atoms with Gasteiger partial charge >= 0.3 is 5.97 Å². The van der Waals surface area contributed by atoms with E-state index in [0.29, 0.717) is 38.8 Å². The van der Waals surface area contributed by atoms with Crippen LogP contribution in [-0.4, -0.2) is 93.4 Å². The molecule has 12 nitrogen and oxygen atoms in total. The molecule has 12 heteroatoms. The van der Waals surface area contributed by atoms with E-state index in [1.807, 2.05) is 30.3 Å². The number of hydrogen-bond donors (Lipinski definition) is 5. The van der Waals surface area contributed by atoms with Gasteiger partial charge in [-0.25, -0.2) is 0 Å². The summed E-state index contributed by atoms with van der Waals surface area (Å²) in [6.07, 6.45) is 2.37. The van der Waals surface area contributed by atoms with Crippen LogP contribution in [0.15, 0.2) is 54.6 Å². The number of nitrogens with zero attached hydrogens (tertiary/aromatic N) is 2. The van der Waals surface area contributed by atoms with Gasteiger partial charge in [0.05, 0.1) is 6.04 Å². The minimum Gasteiger partial charge on any atom is -0.508 e. The minimum atomic E-state index is -1.19. The summed E-state index contributed by atoms with van der Waals surface area (Å²) in [7, 11) is 0. The van der Waals surface area contributed by atoms with E-state index in [1.54, 1.807) is 12.1 Å². The lowest BCUT2D eigenvalue weighted by Crippen LogP contribution is -2.58. The van der Waals surface area contributed by atoms with Gasteiger partial charge in [0.1, 0.15) is 30.4 Å². The lowest BCUT2D eigenvalue weighted by atomic mass is 10.0. The van der Waals surface area contributed by atoms with E-state index < -0.39 is 54.4 Å². The molecule has 42 heavy (non-hydrogen) atoms. The van der Waals surface area contributed by atoms with Crippen molar-refractivity contribution in [2.45, 2.75) is 62.7 Å². The highest BCUT2D eigenvalue weighted by Crippen LogP contribution is 2.22. The molecule has 2 aromatic rings. The number of aliphatic carboxylic acids is 1. The summed E-state index contributed by atoms with van der Waals surface area (Å²) in [5, 5.41) is 23.6. The minimum absolute atomic E-state index is 0.107. The average Bonchev–Trinajstić information content (AvgIpc) is 3.67. The summed E-state index contributed by atoms with van der Waals surface area (Å²) in [4.78, 5) is 67.2. The largest absolute Gasteiger partial charge is 0.508 e. The van der Waals surface area contributed by atoms with Crippen molar-refractivity contribution in [1.82, 2.24) is 20.4 Å². The van der Waals surface area contributed by atoms with Gasteiger partial charge in [-0.1, -0.05) is 42.5 Å². The number of carboxylic acid groups (broad SMARTS) is 1. The zero-order chi connectivity index (χ0) is 30.2. The predicted molar refractivity (Wildman–Crippen MR) is 152 cm³/mol. The van der Waals surface area contributed by atoms with Gasteiger partial charge < -0.3 is 36.4 Å². The fourth-order valence-corrected chi connectivity index (χ4v) is 5.59. The van der Waals surface area contributed by atoms with Crippen LogP contribution in [0.1, 0.15) is 36.8 Å². The SMILES string of the molecule is N[C@H](Cc1ccc(O)cc1)C(=O)N1CCC[C@@H]1C(=O)N[C@@H](Cc1ccccc1)C(=O)N1CCC[C@@H]1C(=O)NCC(=O)O. The fraction of sp³-hybridized carbons (Fsp3) is 0.433. The zero-order valence-corrected chi connectivity index (χ0v) is 23.3. The highest BCUT2D eigenvalue weighted by molar-refractivity contribution is 5.96. The second-order valence-corrected chi connectivity index (χ2v) is 10.7. The van der Waals surface area contributed by atoms with Crippen LogP contribution in [0.5, 0.6) is 5.75 Å². The number of benzene rings is 2. The molecular formula is C30H37N5O7. The van der Waals surface area contributed by atoms with Gasteiger partial charge in [0.25, 0.3) is 0 Å². The first-order valence-electron chi connectivity index (χ1n) is 14.1. The Balaban J connectivity index is 1.47. The smallest absolute Gasteiger partial charge is 0.322 e. The molecule has 0 saturated carbocycles. The van der Waals surface area contributed by atoms with E-state index in [1.165, 1.54) is 21.9 Å². The third-order valence-corrected chi connectivity index (χ3v) is 7.70. The van der Waals surface area contributed by atoms with Gasteiger partial charge in [-0.2, -0.15) is 0 Å². The van der Waals surface area contributed by atoms with Crippen LogP contribution in [0, 0.1) is 0 Å². The monoisotopic (exact) mass is 579 g/mol. The fourth-order valence-electron chi connectivity index (χ4n) is 5.59. The summed E-state index contributed by atoms with van der Waals surface area (Å²) >= 11 is 0. The van der Waals surface area contributed by atoms with Gasteiger partial charge in [-0.05, 0) is 55.4 Å². The van der Waals surface area contributed by atoms with Crippen molar-refractivity contribution in [1.29, 1.82) is 0 Å². The molecule has 224 valence electrons.